The zero-order valence-electron chi connectivity index (χ0n) is 19.2. The average molecular weight is 474 g/mol. The van der Waals surface area contributed by atoms with E-state index in [2.05, 4.69) is 33.2 Å². The topological polar surface area (TPSA) is 88.7 Å². The molecule has 178 valence electrons. The third-order valence-corrected chi connectivity index (χ3v) is 6.28. The van der Waals surface area contributed by atoms with Crippen LogP contribution in [-0.4, -0.2) is 52.4 Å². The minimum atomic E-state index is -1.33. The minimum absolute atomic E-state index is 0.192. The molecule has 1 aromatic heterocycles. The smallest absolute Gasteiger partial charge is 0.338 e. The SMILES string of the molecule is Cc1c(-c2nc(-c3ccc(C(=O)O)c(F)c3)no2)ccc(-c2ccccc2)c1CN1CCOCC1. The van der Waals surface area contributed by atoms with Crippen LogP contribution in [-0.2, 0) is 11.3 Å². The van der Waals surface area contributed by atoms with Crippen LogP contribution in [0.1, 0.15) is 21.5 Å². The lowest BCUT2D eigenvalue weighted by molar-refractivity contribution is 0.0342. The second-order valence-electron chi connectivity index (χ2n) is 8.44. The molecule has 0 bridgehead atoms. The van der Waals surface area contributed by atoms with Gasteiger partial charge < -0.3 is 14.4 Å². The molecular weight excluding hydrogens is 449 g/mol. The molecule has 1 aliphatic heterocycles. The molecule has 0 saturated carbocycles. The lowest BCUT2D eigenvalue weighted by Crippen LogP contribution is -2.36. The van der Waals surface area contributed by atoms with E-state index in [1.54, 1.807) is 0 Å². The summed E-state index contributed by atoms with van der Waals surface area (Å²) >= 11 is 0. The summed E-state index contributed by atoms with van der Waals surface area (Å²) in [5, 5.41) is 13.1. The van der Waals surface area contributed by atoms with Crippen molar-refractivity contribution in [3.05, 3.63) is 83.2 Å². The van der Waals surface area contributed by atoms with Crippen LogP contribution in [0, 0.1) is 12.7 Å². The second-order valence-corrected chi connectivity index (χ2v) is 8.44. The fraction of sp³-hybridized carbons (Fsp3) is 0.222. The maximum atomic E-state index is 14.2. The van der Waals surface area contributed by atoms with E-state index >= 15 is 0 Å². The molecule has 2 heterocycles. The lowest BCUT2D eigenvalue weighted by Gasteiger charge is -2.28. The van der Waals surface area contributed by atoms with Gasteiger partial charge in [0.05, 0.1) is 18.8 Å². The maximum Gasteiger partial charge on any atom is 0.338 e. The molecule has 3 aromatic carbocycles. The summed E-state index contributed by atoms with van der Waals surface area (Å²) in [4.78, 5) is 18.0. The molecule has 1 fully saturated rings. The van der Waals surface area contributed by atoms with Crippen molar-refractivity contribution < 1.29 is 23.6 Å². The summed E-state index contributed by atoms with van der Waals surface area (Å²) < 4.78 is 25.3. The first-order valence-electron chi connectivity index (χ1n) is 11.4. The highest BCUT2D eigenvalue weighted by molar-refractivity contribution is 5.88. The van der Waals surface area contributed by atoms with Crippen molar-refractivity contribution in [2.45, 2.75) is 13.5 Å². The molecule has 1 saturated heterocycles. The molecule has 0 amide bonds. The van der Waals surface area contributed by atoms with Gasteiger partial charge in [-0.1, -0.05) is 41.6 Å². The third-order valence-electron chi connectivity index (χ3n) is 6.28. The van der Waals surface area contributed by atoms with Crippen LogP contribution in [0.5, 0.6) is 0 Å². The summed E-state index contributed by atoms with van der Waals surface area (Å²) in [6, 6.07) is 18.0. The van der Waals surface area contributed by atoms with Gasteiger partial charge in [-0.25, -0.2) is 9.18 Å². The Morgan fingerprint density at radius 1 is 1.03 bits per heavy atom. The van der Waals surface area contributed by atoms with Crippen molar-refractivity contribution in [2.24, 2.45) is 0 Å². The van der Waals surface area contributed by atoms with E-state index in [0.717, 1.165) is 48.0 Å². The van der Waals surface area contributed by atoms with Crippen molar-refractivity contribution in [1.82, 2.24) is 15.0 Å². The zero-order valence-corrected chi connectivity index (χ0v) is 19.2. The van der Waals surface area contributed by atoms with E-state index in [1.807, 2.05) is 31.2 Å². The molecule has 7 nitrogen and oxygen atoms in total. The van der Waals surface area contributed by atoms with Crippen molar-refractivity contribution in [3.8, 4) is 34.0 Å². The Bertz CT molecular complexity index is 1360. The first kappa shape index (κ1) is 22.9. The van der Waals surface area contributed by atoms with Gasteiger partial charge in [-0.3, -0.25) is 4.90 Å². The van der Waals surface area contributed by atoms with Gasteiger partial charge in [0.15, 0.2) is 0 Å². The number of ether oxygens (including phenoxy) is 1. The van der Waals surface area contributed by atoms with Gasteiger partial charge in [0, 0.05) is 30.8 Å². The van der Waals surface area contributed by atoms with Gasteiger partial charge in [-0.05, 0) is 53.4 Å². The number of hydrogen-bond donors (Lipinski definition) is 1. The van der Waals surface area contributed by atoms with E-state index < -0.39 is 17.3 Å². The number of benzene rings is 3. The third kappa shape index (κ3) is 4.71. The Kier molecular flexibility index (Phi) is 6.39. The van der Waals surface area contributed by atoms with Crippen molar-refractivity contribution in [2.75, 3.05) is 26.3 Å². The lowest BCUT2D eigenvalue weighted by atomic mass is 9.92. The largest absolute Gasteiger partial charge is 0.478 e. The predicted molar refractivity (Wildman–Crippen MR) is 128 cm³/mol. The highest BCUT2D eigenvalue weighted by Crippen LogP contribution is 2.34. The molecular formula is C27H24FN3O4. The molecule has 0 unspecified atom stereocenters. The second kappa shape index (κ2) is 9.77. The Labute approximate surface area is 201 Å². The van der Waals surface area contributed by atoms with Crippen molar-refractivity contribution >= 4 is 5.97 Å². The van der Waals surface area contributed by atoms with Crippen LogP contribution in [0.4, 0.5) is 4.39 Å². The molecule has 8 heteroatoms. The highest BCUT2D eigenvalue weighted by atomic mass is 19.1. The number of carboxylic acid groups (broad SMARTS) is 1. The first-order chi connectivity index (χ1) is 17.0. The van der Waals surface area contributed by atoms with Gasteiger partial charge in [0.25, 0.3) is 5.89 Å². The number of halogens is 1. The quantitative estimate of drug-likeness (QED) is 0.419. The summed E-state index contributed by atoms with van der Waals surface area (Å²) in [6.45, 7) is 5.95. The summed E-state index contributed by atoms with van der Waals surface area (Å²) in [5.74, 6) is -1.66. The van der Waals surface area contributed by atoms with E-state index in [-0.39, 0.29) is 5.82 Å². The van der Waals surface area contributed by atoms with Crippen LogP contribution in [0.2, 0.25) is 0 Å². The first-order valence-corrected chi connectivity index (χ1v) is 11.4. The van der Waals surface area contributed by atoms with Gasteiger partial charge in [-0.2, -0.15) is 4.98 Å². The zero-order chi connectivity index (χ0) is 24.4. The number of rotatable bonds is 6. The van der Waals surface area contributed by atoms with Gasteiger partial charge >= 0.3 is 5.97 Å². The Hall–Kier alpha value is -3.88. The van der Waals surface area contributed by atoms with Gasteiger partial charge in [-0.15, -0.1) is 0 Å². The fourth-order valence-corrected chi connectivity index (χ4v) is 4.34. The Morgan fingerprint density at radius 2 is 1.77 bits per heavy atom. The molecule has 1 N–H and O–H groups in total. The fourth-order valence-electron chi connectivity index (χ4n) is 4.34. The van der Waals surface area contributed by atoms with E-state index in [0.29, 0.717) is 24.7 Å². The number of nitrogens with zero attached hydrogens (tertiary/aromatic N) is 3. The molecule has 0 atom stereocenters. The number of hydrogen-bond acceptors (Lipinski definition) is 6. The monoisotopic (exact) mass is 473 g/mol. The number of carboxylic acids is 1. The maximum absolute atomic E-state index is 14.2. The number of carbonyl (C=O) groups is 1. The van der Waals surface area contributed by atoms with Crippen LogP contribution in [0.25, 0.3) is 34.0 Å². The molecule has 5 rings (SSSR count). The normalized spacial score (nSPS) is 14.2. The predicted octanol–water partition coefficient (Wildman–Crippen LogP) is 5.05. The number of aromatic nitrogens is 2. The van der Waals surface area contributed by atoms with Crippen LogP contribution in [0.3, 0.4) is 0 Å². The summed E-state index contributed by atoms with van der Waals surface area (Å²) in [5.41, 5.74) is 5.21. The average Bonchev–Trinajstić information content (AvgIpc) is 3.36. The summed E-state index contributed by atoms with van der Waals surface area (Å²) in [7, 11) is 0. The minimum Gasteiger partial charge on any atom is -0.478 e. The Balaban J connectivity index is 1.53. The van der Waals surface area contributed by atoms with Crippen LogP contribution >= 0.6 is 0 Å². The van der Waals surface area contributed by atoms with Crippen LogP contribution < -0.4 is 0 Å². The number of morpholine rings is 1. The standard InChI is InChI=1S/C27H24FN3O4/c1-17-20(26-29-25(30-35-26)19-7-8-22(27(32)33)24(28)15-19)9-10-21(18-5-3-2-4-6-18)23(17)16-31-11-13-34-14-12-31/h2-10,15H,11-14,16H2,1H3,(H,32,33). The molecule has 0 spiro atoms. The van der Waals surface area contributed by atoms with Crippen LogP contribution in [0.15, 0.2) is 65.2 Å². The van der Waals surface area contributed by atoms with E-state index in [1.165, 1.54) is 17.7 Å². The summed E-state index contributed by atoms with van der Waals surface area (Å²) in [6.07, 6.45) is 0. The molecule has 0 aliphatic carbocycles. The number of aromatic carboxylic acids is 1. The van der Waals surface area contributed by atoms with E-state index in [9.17, 15) is 9.18 Å². The van der Waals surface area contributed by atoms with Crippen molar-refractivity contribution in [3.63, 3.8) is 0 Å². The van der Waals surface area contributed by atoms with Gasteiger partial charge in [0.1, 0.15) is 5.82 Å². The molecule has 1 aliphatic rings. The molecule has 4 aromatic rings. The molecule has 0 radical (unpaired) electrons. The van der Waals surface area contributed by atoms with Gasteiger partial charge in [0.2, 0.25) is 5.82 Å². The van der Waals surface area contributed by atoms with Crippen molar-refractivity contribution in [1.29, 1.82) is 0 Å². The molecule has 35 heavy (non-hydrogen) atoms. The highest BCUT2D eigenvalue weighted by Gasteiger charge is 2.21. The Morgan fingerprint density at radius 3 is 2.49 bits per heavy atom. The van der Waals surface area contributed by atoms with E-state index in [4.69, 9.17) is 14.4 Å².